The predicted octanol–water partition coefficient (Wildman–Crippen LogP) is 11.2. The van der Waals surface area contributed by atoms with Crippen LogP contribution >= 0.6 is 0 Å². The van der Waals surface area contributed by atoms with Gasteiger partial charge in [0.05, 0.1) is 22.4 Å². The summed E-state index contributed by atoms with van der Waals surface area (Å²) in [4.78, 5) is 12.5. The summed E-state index contributed by atoms with van der Waals surface area (Å²) >= 11 is 0. The van der Waals surface area contributed by atoms with E-state index in [0.717, 1.165) is 55.2 Å². The van der Waals surface area contributed by atoms with Gasteiger partial charge in [-0.2, -0.15) is 23.4 Å². The summed E-state index contributed by atoms with van der Waals surface area (Å²) in [5, 5.41) is 10.5. The van der Waals surface area contributed by atoms with Crippen molar-refractivity contribution in [1.29, 1.82) is 0 Å². The summed E-state index contributed by atoms with van der Waals surface area (Å²) in [5.41, 5.74) is 9.63. The maximum atomic E-state index is 5.21. The maximum absolute atomic E-state index is 5.21. The zero-order valence-electron chi connectivity index (χ0n) is 36.3. The quantitative estimate of drug-likeness (QED) is 0.0721. The average Bonchev–Trinajstić information content (AvgIpc) is 3.99. The second-order valence-electron chi connectivity index (χ2n) is 17.6. The summed E-state index contributed by atoms with van der Waals surface area (Å²) in [6.45, 7) is 4.67. The van der Waals surface area contributed by atoms with Gasteiger partial charge in [-0.05, 0) is 63.8 Å². The molecule has 0 spiro atoms. The Morgan fingerprint density at radius 3 is 1.89 bits per heavy atom. The molecule has 0 N–H and O–H groups in total. The Labute approximate surface area is 397 Å². The molecule has 0 aliphatic carbocycles. The first-order chi connectivity index (χ1) is 32.0. The monoisotopic (exact) mass is 953 g/mol. The van der Waals surface area contributed by atoms with Crippen LogP contribution in [-0.4, -0.2) is 27.0 Å². The standard InChI is InChI=1S/C59H41N5Si.Pd/c1-59(2)51-28-17-33-60-58(51)64(56-38-49-48-27-13-15-30-54(48)63(55(49)39-52(56)59)40-18-6-3-7-19-40)41-20-16-25-44(36-41)65(42-21-8-4-9-22-42,43-23-10-5-11-24-43)45-31-32-46-47-26-12-14-29-53(47)62-35-34-61-57(62)50(46)37-45;/h3-35,38-39H,1-2H3;/q-2;+2. The van der Waals surface area contributed by atoms with Crippen molar-refractivity contribution in [1.82, 2.24) is 18.9 Å². The molecular formula is C59H41N5PdSi. The van der Waals surface area contributed by atoms with Gasteiger partial charge in [0.15, 0.2) is 0 Å². The molecule has 13 rings (SSSR count). The van der Waals surface area contributed by atoms with Crippen LogP contribution in [0.4, 0.5) is 17.2 Å². The van der Waals surface area contributed by atoms with Gasteiger partial charge < -0.3 is 13.9 Å². The molecule has 0 radical (unpaired) electrons. The zero-order chi connectivity index (χ0) is 43.3. The Morgan fingerprint density at radius 2 is 1.15 bits per heavy atom. The van der Waals surface area contributed by atoms with Gasteiger partial charge in [0.25, 0.3) is 0 Å². The van der Waals surface area contributed by atoms with Crippen LogP contribution in [-0.2, 0) is 25.8 Å². The Morgan fingerprint density at radius 1 is 0.500 bits per heavy atom. The number of imidazole rings is 1. The molecule has 12 aromatic rings. The van der Waals surface area contributed by atoms with Crippen molar-refractivity contribution < 1.29 is 20.4 Å². The summed E-state index contributed by atoms with van der Waals surface area (Å²) < 4.78 is 4.61. The van der Waals surface area contributed by atoms with Gasteiger partial charge in [-0.1, -0.05) is 146 Å². The number of hydrogen-bond donors (Lipinski definition) is 0. The number of pyridine rings is 2. The predicted molar refractivity (Wildman–Crippen MR) is 270 cm³/mol. The molecule has 1 aliphatic heterocycles. The van der Waals surface area contributed by atoms with Gasteiger partial charge in [0.1, 0.15) is 13.9 Å². The molecule has 0 atom stereocenters. The van der Waals surface area contributed by atoms with Crippen molar-refractivity contribution in [2.75, 3.05) is 4.90 Å². The molecule has 0 saturated heterocycles. The molecule has 0 fully saturated rings. The van der Waals surface area contributed by atoms with E-state index in [0.29, 0.717) is 0 Å². The first kappa shape index (κ1) is 40.1. The molecule has 4 aromatic heterocycles. The number of hydrogen-bond acceptors (Lipinski definition) is 3. The molecule has 8 aromatic carbocycles. The van der Waals surface area contributed by atoms with Crippen LogP contribution in [0, 0.1) is 12.1 Å². The minimum absolute atomic E-state index is 0. The molecule has 7 heteroatoms. The van der Waals surface area contributed by atoms with Crippen LogP contribution in [0.5, 0.6) is 0 Å². The number of rotatable bonds is 6. The zero-order valence-corrected chi connectivity index (χ0v) is 38.8. The number of nitrogens with zero attached hydrogens (tertiary/aromatic N) is 5. The fourth-order valence-corrected chi connectivity index (χ4v) is 15.5. The SMILES string of the molecule is CC1(C)c2cc3c(cc2N(c2[c-]c([Si](c4[c-]c5c(cc4)c4ccccc4n4ccnc54)(c4ccccc4)c4ccccc4)ccc2)c2ncccc21)c1ccccc1n3-c1ccccc1.[Pd+2]. The summed E-state index contributed by atoms with van der Waals surface area (Å²) in [7, 11) is -3.17. The fourth-order valence-electron chi connectivity index (χ4n) is 10.9. The number of anilines is 3. The van der Waals surface area contributed by atoms with E-state index in [1.807, 2.05) is 12.4 Å². The van der Waals surface area contributed by atoms with E-state index in [9.17, 15) is 0 Å². The van der Waals surface area contributed by atoms with Gasteiger partial charge in [-0.3, -0.25) is 4.98 Å². The van der Waals surface area contributed by atoms with Gasteiger partial charge in [-0.15, -0.1) is 34.8 Å². The van der Waals surface area contributed by atoms with Crippen LogP contribution in [0.15, 0.2) is 213 Å². The van der Waals surface area contributed by atoms with E-state index in [1.54, 1.807) is 0 Å². The first-order valence-corrected chi connectivity index (χ1v) is 24.2. The average molecular weight is 955 g/mol. The second-order valence-corrected chi connectivity index (χ2v) is 21.4. The number of aromatic nitrogens is 4. The number of fused-ring (bicyclic) bond motifs is 11. The Balaban J connectivity index is 0.00000456. The van der Waals surface area contributed by atoms with Crippen molar-refractivity contribution in [3.8, 4) is 5.69 Å². The second kappa shape index (κ2) is 15.4. The molecule has 1 aliphatic rings. The van der Waals surface area contributed by atoms with Gasteiger partial charge >= 0.3 is 20.4 Å². The van der Waals surface area contributed by atoms with E-state index in [1.165, 1.54) is 48.7 Å². The fraction of sp³-hybridized carbons (Fsp3) is 0.0508. The van der Waals surface area contributed by atoms with Gasteiger partial charge in [-0.25, -0.2) is 4.98 Å². The Hall–Kier alpha value is -7.40. The third kappa shape index (κ3) is 5.74. The molecule has 0 amide bonds. The van der Waals surface area contributed by atoms with Crippen LogP contribution in [0.3, 0.4) is 0 Å². The third-order valence-corrected chi connectivity index (χ3v) is 18.5. The molecular weight excluding hydrogens is 913 g/mol. The molecule has 0 saturated carbocycles. The van der Waals surface area contributed by atoms with Crippen molar-refractivity contribution >= 4 is 95.1 Å². The Bertz CT molecular complexity index is 3780. The van der Waals surface area contributed by atoms with Crippen molar-refractivity contribution in [3.05, 3.63) is 236 Å². The minimum atomic E-state index is -3.17. The van der Waals surface area contributed by atoms with Crippen molar-refractivity contribution in [3.63, 3.8) is 0 Å². The number of para-hydroxylation sites is 3. The molecule has 66 heavy (non-hydrogen) atoms. The van der Waals surface area contributed by atoms with Crippen LogP contribution in [0.1, 0.15) is 25.0 Å². The summed E-state index contributed by atoms with van der Waals surface area (Å²) in [6, 6.07) is 79.0. The van der Waals surface area contributed by atoms with E-state index in [-0.39, 0.29) is 25.8 Å². The summed E-state index contributed by atoms with van der Waals surface area (Å²) in [5.74, 6) is 0.919. The largest absolute Gasteiger partial charge is 2.00 e. The van der Waals surface area contributed by atoms with E-state index in [4.69, 9.17) is 9.97 Å². The van der Waals surface area contributed by atoms with Gasteiger partial charge in [0.2, 0.25) is 0 Å². The van der Waals surface area contributed by atoms with E-state index < -0.39 is 8.07 Å². The Kier molecular flexibility index (Phi) is 9.34. The van der Waals surface area contributed by atoms with Crippen LogP contribution in [0.25, 0.3) is 54.8 Å². The molecule has 0 unspecified atom stereocenters. The topological polar surface area (TPSA) is 38.4 Å². The van der Waals surface area contributed by atoms with E-state index in [2.05, 4.69) is 240 Å². The van der Waals surface area contributed by atoms with Gasteiger partial charge in [0, 0.05) is 51.5 Å². The van der Waals surface area contributed by atoms with E-state index >= 15 is 0 Å². The van der Waals surface area contributed by atoms with Crippen LogP contribution < -0.4 is 25.6 Å². The van der Waals surface area contributed by atoms with Crippen molar-refractivity contribution in [2.24, 2.45) is 0 Å². The number of benzene rings is 8. The maximum Gasteiger partial charge on any atom is 2.00 e. The molecule has 5 nitrogen and oxygen atoms in total. The molecule has 5 heterocycles. The normalized spacial score (nSPS) is 13.3. The summed E-state index contributed by atoms with van der Waals surface area (Å²) in [6.07, 6.45) is 5.88. The minimum Gasteiger partial charge on any atom is -0.340 e. The van der Waals surface area contributed by atoms with Crippen molar-refractivity contribution in [2.45, 2.75) is 19.3 Å². The first-order valence-electron chi connectivity index (χ1n) is 22.2. The smallest absolute Gasteiger partial charge is 0.340 e. The molecule has 316 valence electrons. The van der Waals surface area contributed by atoms with Crippen LogP contribution in [0.2, 0.25) is 0 Å². The molecule has 0 bridgehead atoms. The third-order valence-electron chi connectivity index (χ3n) is 13.9.